The molecule has 0 bridgehead atoms. The van der Waals surface area contributed by atoms with E-state index in [-0.39, 0.29) is 5.56 Å². The number of thiophene rings is 1. The molecule has 0 unspecified atom stereocenters. The molecule has 1 heterocycles. The summed E-state index contributed by atoms with van der Waals surface area (Å²) in [6, 6.07) is 6.94. The highest BCUT2D eigenvalue weighted by molar-refractivity contribution is 7.15. The second-order valence-corrected chi connectivity index (χ2v) is 8.55. The predicted molar refractivity (Wildman–Crippen MR) is 114 cm³/mol. The first-order chi connectivity index (χ1) is 13.7. The van der Waals surface area contributed by atoms with Gasteiger partial charge in [0.25, 0.3) is 5.91 Å². The van der Waals surface area contributed by atoms with Crippen molar-refractivity contribution in [1.29, 1.82) is 0 Å². The van der Waals surface area contributed by atoms with Crippen LogP contribution in [0.3, 0.4) is 0 Å². The van der Waals surface area contributed by atoms with Crippen LogP contribution in [0.4, 0.5) is 5.00 Å². The van der Waals surface area contributed by atoms with Gasteiger partial charge in [-0.15, -0.1) is 11.3 Å². The fourth-order valence-electron chi connectivity index (χ4n) is 3.57. The molecule has 0 saturated carbocycles. The van der Waals surface area contributed by atoms with Crippen molar-refractivity contribution in [1.82, 2.24) is 0 Å². The molecule has 2 atom stereocenters. The number of nitrogens with one attached hydrogen (secondary N) is 1. The third-order valence-corrected chi connectivity index (χ3v) is 6.50. The summed E-state index contributed by atoms with van der Waals surface area (Å²) in [7, 11) is 0. The van der Waals surface area contributed by atoms with Crippen molar-refractivity contribution in [2.75, 3.05) is 5.32 Å². The molecule has 152 valence electrons. The molecule has 2 amide bonds. The lowest BCUT2D eigenvalue weighted by Gasteiger charge is -2.29. The number of carbonyl (C=O) groups excluding carboxylic acids is 2. The topological polar surface area (TPSA) is 109 Å². The van der Waals surface area contributed by atoms with Crippen LogP contribution in [0.25, 0.3) is 11.1 Å². The number of allylic oxidation sites excluding steroid dienone is 2. The number of benzene rings is 1. The Bertz CT molecular complexity index is 1010. The molecule has 0 saturated heterocycles. The Morgan fingerprint density at radius 3 is 2.24 bits per heavy atom. The van der Waals surface area contributed by atoms with Gasteiger partial charge in [-0.1, -0.05) is 34.9 Å². The van der Waals surface area contributed by atoms with Crippen LogP contribution in [0, 0.1) is 11.8 Å². The van der Waals surface area contributed by atoms with Crippen molar-refractivity contribution >= 4 is 45.7 Å². The molecular formula is C21H21ClN2O4S. The fourth-order valence-corrected chi connectivity index (χ4v) is 4.67. The number of carbonyl (C=O) groups is 3. The molecule has 0 fully saturated rings. The molecule has 1 aromatic heterocycles. The molecule has 2 aromatic rings. The largest absolute Gasteiger partial charge is 0.481 e. The first kappa shape index (κ1) is 21.1. The van der Waals surface area contributed by atoms with Gasteiger partial charge in [-0.05, 0) is 44.4 Å². The summed E-state index contributed by atoms with van der Waals surface area (Å²) in [6.45, 7) is 3.80. The standard InChI is InChI=1S/C21H21ClN2O4S/c1-10-7-14(15(21(27)28)8-11(10)2)19(26)24-20-17(18(23)25)16(9-29-20)12-3-5-13(22)6-4-12/h3-6,9,14-15H,7-8H2,1-2H3,(H2,23,25)(H,24,26)(H,27,28)/t14-,15-/m1/s1. The van der Waals surface area contributed by atoms with Crippen molar-refractivity contribution in [3.05, 3.63) is 51.4 Å². The SMILES string of the molecule is CC1=C(C)C[C@@H](C(=O)Nc2scc(-c3ccc(Cl)cc3)c2C(N)=O)[C@H](C(=O)O)C1. The number of halogens is 1. The molecule has 3 rings (SSSR count). The van der Waals surface area contributed by atoms with Gasteiger partial charge < -0.3 is 16.2 Å². The van der Waals surface area contributed by atoms with E-state index in [1.165, 1.54) is 11.3 Å². The summed E-state index contributed by atoms with van der Waals surface area (Å²) in [6.07, 6.45) is 0.707. The Balaban J connectivity index is 1.92. The van der Waals surface area contributed by atoms with E-state index in [0.717, 1.165) is 16.7 Å². The van der Waals surface area contributed by atoms with Crippen molar-refractivity contribution < 1.29 is 19.5 Å². The van der Waals surface area contributed by atoms with Gasteiger partial charge >= 0.3 is 5.97 Å². The number of carboxylic acids is 1. The zero-order chi connectivity index (χ0) is 21.3. The Morgan fingerprint density at radius 1 is 1.10 bits per heavy atom. The molecule has 0 aliphatic heterocycles. The number of aliphatic carboxylic acids is 1. The second kappa shape index (κ2) is 8.39. The average Bonchev–Trinajstić information content (AvgIpc) is 3.07. The molecule has 4 N–H and O–H groups in total. The summed E-state index contributed by atoms with van der Waals surface area (Å²) in [4.78, 5) is 36.7. The Hall–Kier alpha value is -2.64. The van der Waals surface area contributed by atoms with Crippen LogP contribution in [0.15, 0.2) is 40.8 Å². The fraction of sp³-hybridized carbons (Fsp3) is 0.286. The van der Waals surface area contributed by atoms with Gasteiger partial charge in [-0.2, -0.15) is 0 Å². The van der Waals surface area contributed by atoms with Crippen LogP contribution in [-0.2, 0) is 9.59 Å². The number of nitrogens with two attached hydrogens (primary N) is 1. The van der Waals surface area contributed by atoms with Crippen LogP contribution in [0.5, 0.6) is 0 Å². The highest BCUT2D eigenvalue weighted by atomic mass is 35.5. The minimum Gasteiger partial charge on any atom is -0.481 e. The second-order valence-electron chi connectivity index (χ2n) is 7.23. The zero-order valence-corrected chi connectivity index (χ0v) is 17.6. The molecule has 0 radical (unpaired) electrons. The first-order valence-electron chi connectivity index (χ1n) is 9.05. The highest BCUT2D eigenvalue weighted by Gasteiger charge is 2.37. The summed E-state index contributed by atoms with van der Waals surface area (Å²) >= 11 is 7.11. The van der Waals surface area contributed by atoms with E-state index in [9.17, 15) is 19.5 Å². The maximum atomic E-state index is 12.9. The molecule has 8 heteroatoms. The Kier molecular flexibility index (Phi) is 6.10. The molecular weight excluding hydrogens is 412 g/mol. The molecule has 1 aliphatic carbocycles. The molecule has 0 spiro atoms. The van der Waals surface area contributed by atoms with E-state index in [2.05, 4.69) is 5.32 Å². The van der Waals surface area contributed by atoms with E-state index in [4.69, 9.17) is 17.3 Å². The van der Waals surface area contributed by atoms with Gasteiger partial charge in [-0.3, -0.25) is 14.4 Å². The van der Waals surface area contributed by atoms with E-state index < -0.39 is 29.6 Å². The summed E-state index contributed by atoms with van der Waals surface area (Å²) < 4.78 is 0. The summed E-state index contributed by atoms with van der Waals surface area (Å²) in [5.41, 5.74) is 9.15. The van der Waals surface area contributed by atoms with E-state index in [1.54, 1.807) is 29.6 Å². The summed E-state index contributed by atoms with van der Waals surface area (Å²) in [5.74, 6) is -3.60. The summed E-state index contributed by atoms with van der Waals surface area (Å²) in [5, 5.41) is 14.9. The average molecular weight is 433 g/mol. The minimum atomic E-state index is -1.000. The monoisotopic (exact) mass is 432 g/mol. The van der Waals surface area contributed by atoms with Crippen molar-refractivity contribution in [2.45, 2.75) is 26.7 Å². The van der Waals surface area contributed by atoms with Gasteiger partial charge in [0.2, 0.25) is 5.91 Å². The maximum Gasteiger partial charge on any atom is 0.307 e. The van der Waals surface area contributed by atoms with E-state index in [1.807, 2.05) is 13.8 Å². The highest BCUT2D eigenvalue weighted by Crippen LogP contribution is 2.38. The van der Waals surface area contributed by atoms with Gasteiger partial charge in [0.15, 0.2) is 0 Å². The smallest absolute Gasteiger partial charge is 0.307 e. The lowest BCUT2D eigenvalue weighted by molar-refractivity contribution is -0.146. The number of hydrogen-bond donors (Lipinski definition) is 3. The lowest BCUT2D eigenvalue weighted by atomic mass is 9.76. The first-order valence-corrected chi connectivity index (χ1v) is 10.3. The van der Waals surface area contributed by atoms with Crippen LogP contribution >= 0.6 is 22.9 Å². The van der Waals surface area contributed by atoms with Gasteiger partial charge in [0, 0.05) is 16.0 Å². The number of primary amides is 1. The quantitative estimate of drug-likeness (QED) is 0.602. The van der Waals surface area contributed by atoms with E-state index >= 15 is 0 Å². The molecule has 1 aromatic carbocycles. The van der Waals surface area contributed by atoms with Crippen molar-refractivity contribution in [3.8, 4) is 11.1 Å². The van der Waals surface area contributed by atoms with Gasteiger partial charge in [-0.25, -0.2) is 0 Å². The van der Waals surface area contributed by atoms with Crippen LogP contribution < -0.4 is 11.1 Å². The number of carboxylic acid groups (broad SMARTS) is 1. The number of anilines is 1. The van der Waals surface area contributed by atoms with E-state index in [0.29, 0.717) is 28.4 Å². The number of amides is 2. The number of hydrogen-bond acceptors (Lipinski definition) is 4. The third kappa shape index (κ3) is 4.36. The number of rotatable bonds is 5. The normalized spacial score (nSPS) is 19.1. The van der Waals surface area contributed by atoms with Crippen LogP contribution in [0.1, 0.15) is 37.0 Å². The Morgan fingerprint density at radius 2 is 1.69 bits per heavy atom. The van der Waals surface area contributed by atoms with Gasteiger partial charge in [0.05, 0.1) is 17.4 Å². The molecule has 1 aliphatic rings. The third-order valence-electron chi connectivity index (χ3n) is 5.35. The van der Waals surface area contributed by atoms with Crippen LogP contribution in [0.2, 0.25) is 5.02 Å². The minimum absolute atomic E-state index is 0.205. The zero-order valence-electron chi connectivity index (χ0n) is 16.0. The molecule has 6 nitrogen and oxygen atoms in total. The lowest BCUT2D eigenvalue weighted by Crippen LogP contribution is -2.36. The van der Waals surface area contributed by atoms with Crippen molar-refractivity contribution in [2.24, 2.45) is 17.6 Å². The maximum absolute atomic E-state index is 12.9. The Labute approximate surface area is 177 Å². The van der Waals surface area contributed by atoms with Gasteiger partial charge in [0.1, 0.15) is 5.00 Å². The van der Waals surface area contributed by atoms with Crippen LogP contribution in [-0.4, -0.2) is 22.9 Å². The predicted octanol–water partition coefficient (Wildman–Crippen LogP) is 4.55. The molecule has 29 heavy (non-hydrogen) atoms. The van der Waals surface area contributed by atoms with Crippen molar-refractivity contribution in [3.63, 3.8) is 0 Å².